The molecule has 0 aromatic carbocycles. The van der Waals surface area contributed by atoms with Gasteiger partial charge in [0.15, 0.2) is 0 Å². The summed E-state index contributed by atoms with van der Waals surface area (Å²) in [6.07, 6.45) is 1.65. The maximum absolute atomic E-state index is 11.9. The van der Waals surface area contributed by atoms with E-state index in [-0.39, 0.29) is 11.9 Å². The van der Waals surface area contributed by atoms with Gasteiger partial charge < -0.3 is 11.1 Å². The second-order valence-corrected chi connectivity index (χ2v) is 4.35. The quantitative estimate of drug-likeness (QED) is 0.780. The molecule has 1 amide bonds. The molecule has 3 N–H and O–H groups in total. The predicted octanol–water partition coefficient (Wildman–Crippen LogP) is 1.57. The minimum atomic E-state index is -0.259. The molecule has 0 saturated carbocycles. The Kier molecular flexibility index (Phi) is 5.03. The Morgan fingerprint density at radius 2 is 2.29 bits per heavy atom. The highest BCUT2D eigenvalue weighted by molar-refractivity contribution is 7.80. The minimum Gasteiger partial charge on any atom is -0.392 e. The van der Waals surface area contributed by atoms with Crippen molar-refractivity contribution in [2.45, 2.75) is 32.7 Å². The van der Waals surface area contributed by atoms with E-state index in [2.05, 4.69) is 10.3 Å². The molecule has 0 saturated heterocycles. The van der Waals surface area contributed by atoms with E-state index in [4.69, 9.17) is 18.0 Å². The normalized spacial score (nSPS) is 11.9. The van der Waals surface area contributed by atoms with E-state index in [1.165, 1.54) is 0 Å². The number of pyridine rings is 1. The summed E-state index contributed by atoms with van der Waals surface area (Å²) in [7, 11) is 0. The zero-order valence-electron chi connectivity index (χ0n) is 10.1. The van der Waals surface area contributed by atoms with Crippen molar-refractivity contribution in [2.75, 3.05) is 0 Å². The summed E-state index contributed by atoms with van der Waals surface area (Å²) >= 11 is 4.92. The number of carbonyl (C=O) groups excluding carboxylic acids is 1. The molecule has 1 heterocycles. The van der Waals surface area contributed by atoms with Gasteiger partial charge in [-0.2, -0.15) is 0 Å². The third kappa shape index (κ3) is 4.11. The van der Waals surface area contributed by atoms with Crippen molar-refractivity contribution in [3.8, 4) is 0 Å². The highest BCUT2D eigenvalue weighted by Crippen LogP contribution is 2.02. The molecule has 0 spiro atoms. The molecule has 1 rings (SSSR count). The lowest BCUT2D eigenvalue weighted by Crippen LogP contribution is -2.43. The van der Waals surface area contributed by atoms with Crippen LogP contribution in [0.4, 0.5) is 0 Å². The van der Waals surface area contributed by atoms with Gasteiger partial charge in [0, 0.05) is 5.69 Å². The van der Waals surface area contributed by atoms with Gasteiger partial charge in [-0.3, -0.25) is 4.79 Å². The zero-order chi connectivity index (χ0) is 12.8. The van der Waals surface area contributed by atoms with Crippen molar-refractivity contribution in [1.82, 2.24) is 10.3 Å². The van der Waals surface area contributed by atoms with Crippen LogP contribution in [-0.4, -0.2) is 21.9 Å². The summed E-state index contributed by atoms with van der Waals surface area (Å²) in [4.78, 5) is 16.4. The van der Waals surface area contributed by atoms with Gasteiger partial charge in [-0.15, -0.1) is 0 Å². The van der Waals surface area contributed by atoms with E-state index < -0.39 is 0 Å². The van der Waals surface area contributed by atoms with Crippen LogP contribution in [0.1, 0.15) is 35.9 Å². The third-order valence-corrected chi connectivity index (χ3v) is 2.63. The highest BCUT2D eigenvalue weighted by Gasteiger charge is 2.15. The highest BCUT2D eigenvalue weighted by atomic mass is 32.1. The van der Waals surface area contributed by atoms with Crippen LogP contribution >= 0.6 is 12.2 Å². The van der Waals surface area contributed by atoms with Crippen LogP contribution in [0, 0.1) is 6.92 Å². The van der Waals surface area contributed by atoms with E-state index >= 15 is 0 Å². The fraction of sp³-hybridized carbons (Fsp3) is 0.417. The molecule has 0 radical (unpaired) electrons. The maximum atomic E-state index is 11.9. The molecule has 1 unspecified atom stereocenters. The lowest BCUT2D eigenvalue weighted by atomic mass is 10.1. The first-order chi connectivity index (χ1) is 8.04. The van der Waals surface area contributed by atoms with Crippen molar-refractivity contribution in [2.24, 2.45) is 5.73 Å². The van der Waals surface area contributed by atoms with Gasteiger partial charge in [0.2, 0.25) is 0 Å². The lowest BCUT2D eigenvalue weighted by molar-refractivity contribution is 0.0940. The zero-order valence-corrected chi connectivity index (χ0v) is 10.9. The number of rotatable bonds is 5. The second-order valence-electron chi connectivity index (χ2n) is 3.88. The summed E-state index contributed by atoms with van der Waals surface area (Å²) in [6, 6.07) is 5.05. The fourth-order valence-corrected chi connectivity index (χ4v) is 1.65. The smallest absolute Gasteiger partial charge is 0.270 e. The Labute approximate surface area is 107 Å². The van der Waals surface area contributed by atoms with Crippen LogP contribution in [0.3, 0.4) is 0 Å². The van der Waals surface area contributed by atoms with Gasteiger partial charge in [-0.1, -0.05) is 31.6 Å². The van der Waals surface area contributed by atoms with Crippen LogP contribution in [0.15, 0.2) is 18.2 Å². The number of nitrogens with one attached hydrogen (secondary N) is 1. The largest absolute Gasteiger partial charge is 0.392 e. The Balaban J connectivity index is 2.73. The van der Waals surface area contributed by atoms with Gasteiger partial charge in [0.1, 0.15) is 5.69 Å². The summed E-state index contributed by atoms with van der Waals surface area (Å²) in [5.41, 5.74) is 6.77. The van der Waals surface area contributed by atoms with E-state index in [0.717, 1.165) is 18.5 Å². The molecular weight excluding hydrogens is 234 g/mol. The number of nitrogens with two attached hydrogens (primary N) is 1. The lowest BCUT2D eigenvalue weighted by Gasteiger charge is -2.16. The van der Waals surface area contributed by atoms with Crippen molar-refractivity contribution >= 4 is 23.1 Å². The molecule has 1 aromatic rings. The Morgan fingerprint density at radius 1 is 1.59 bits per heavy atom. The van der Waals surface area contributed by atoms with Crippen molar-refractivity contribution < 1.29 is 4.79 Å². The van der Waals surface area contributed by atoms with Crippen molar-refractivity contribution in [3.63, 3.8) is 0 Å². The summed E-state index contributed by atoms with van der Waals surface area (Å²) in [6.45, 7) is 3.86. The molecule has 1 aromatic heterocycles. The van der Waals surface area contributed by atoms with Gasteiger partial charge in [-0.05, 0) is 25.5 Å². The van der Waals surface area contributed by atoms with Gasteiger partial charge in [0.25, 0.3) is 5.91 Å². The number of thiocarbonyl (C=S) groups is 1. The molecule has 0 aliphatic rings. The van der Waals surface area contributed by atoms with Gasteiger partial charge in [-0.25, -0.2) is 4.98 Å². The number of nitrogens with zero attached hydrogens (tertiary/aromatic N) is 1. The van der Waals surface area contributed by atoms with Gasteiger partial charge in [0.05, 0.1) is 11.0 Å². The van der Waals surface area contributed by atoms with Crippen LogP contribution < -0.4 is 11.1 Å². The maximum Gasteiger partial charge on any atom is 0.270 e. The van der Waals surface area contributed by atoms with Crippen LogP contribution in [-0.2, 0) is 0 Å². The molecule has 4 nitrogen and oxygen atoms in total. The number of hydrogen-bond donors (Lipinski definition) is 2. The molecule has 0 aliphatic heterocycles. The predicted molar refractivity (Wildman–Crippen MR) is 71.9 cm³/mol. The topological polar surface area (TPSA) is 68.0 Å². The standard InChI is InChI=1S/C12H17N3OS/c1-3-5-9(11(13)17)15-12(16)10-7-4-6-8(2)14-10/h4,6-7,9H,3,5H2,1-2H3,(H2,13,17)(H,15,16). The van der Waals surface area contributed by atoms with Crippen LogP contribution in [0.25, 0.3) is 0 Å². The Hall–Kier alpha value is -1.49. The number of aryl methyl sites for hydroxylation is 1. The SMILES string of the molecule is CCCC(NC(=O)c1cccc(C)n1)C(N)=S. The first-order valence-electron chi connectivity index (χ1n) is 5.58. The molecule has 5 heteroatoms. The summed E-state index contributed by atoms with van der Waals surface area (Å²) < 4.78 is 0. The van der Waals surface area contributed by atoms with E-state index in [1.807, 2.05) is 19.9 Å². The molecule has 0 fully saturated rings. The van der Waals surface area contributed by atoms with Crippen molar-refractivity contribution in [3.05, 3.63) is 29.6 Å². The minimum absolute atomic E-state index is 0.236. The number of hydrogen-bond acceptors (Lipinski definition) is 3. The first kappa shape index (κ1) is 13.6. The Morgan fingerprint density at radius 3 is 2.82 bits per heavy atom. The monoisotopic (exact) mass is 251 g/mol. The molecule has 0 bridgehead atoms. The van der Waals surface area contributed by atoms with E-state index in [9.17, 15) is 4.79 Å². The second kappa shape index (κ2) is 6.30. The van der Waals surface area contributed by atoms with Gasteiger partial charge >= 0.3 is 0 Å². The van der Waals surface area contributed by atoms with Crippen LogP contribution in [0.2, 0.25) is 0 Å². The average molecular weight is 251 g/mol. The average Bonchev–Trinajstić information content (AvgIpc) is 2.28. The van der Waals surface area contributed by atoms with E-state index in [1.54, 1.807) is 12.1 Å². The van der Waals surface area contributed by atoms with Crippen LogP contribution in [0.5, 0.6) is 0 Å². The molecule has 17 heavy (non-hydrogen) atoms. The molecular formula is C12H17N3OS. The number of carbonyl (C=O) groups is 1. The summed E-state index contributed by atoms with van der Waals surface area (Å²) in [5, 5.41) is 2.79. The van der Waals surface area contributed by atoms with Crippen molar-refractivity contribution in [1.29, 1.82) is 0 Å². The molecule has 92 valence electrons. The number of aromatic nitrogens is 1. The third-order valence-electron chi connectivity index (χ3n) is 2.35. The fourth-order valence-electron chi connectivity index (χ4n) is 1.48. The molecule has 1 atom stereocenters. The van der Waals surface area contributed by atoms with E-state index in [0.29, 0.717) is 10.7 Å². The first-order valence-corrected chi connectivity index (χ1v) is 5.99. The summed E-state index contributed by atoms with van der Waals surface area (Å²) in [5.74, 6) is -0.236. The number of amides is 1. The Bertz CT molecular complexity index is 420. The molecule has 0 aliphatic carbocycles.